The molecule has 2 rings (SSSR count). The zero-order valence-corrected chi connectivity index (χ0v) is 16.3. The third kappa shape index (κ3) is 4.12. The maximum Gasteiger partial charge on any atom is 0.343 e. The normalized spacial score (nSPS) is 17.7. The number of carbonyl (C=O) groups is 2. The van der Waals surface area contributed by atoms with Crippen molar-refractivity contribution >= 4 is 62.4 Å². The van der Waals surface area contributed by atoms with Crippen molar-refractivity contribution < 1.29 is 19.1 Å². The van der Waals surface area contributed by atoms with E-state index in [-0.39, 0.29) is 12.5 Å². The number of amides is 1. The van der Waals surface area contributed by atoms with Crippen LogP contribution in [0.4, 0.5) is 0 Å². The van der Waals surface area contributed by atoms with Crippen molar-refractivity contribution in [3.8, 4) is 5.75 Å². The molecular formula is C15H14BrClN2O4S. The van der Waals surface area contributed by atoms with Crippen molar-refractivity contribution in [2.75, 3.05) is 27.8 Å². The molecule has 0 aliphatic carbocycles. The predicted molar refractivity (Wildman–Crippen MR) is 98.4 cm³/mol. The van der Waals surface area contributed by atoms with Crippen molar-refractivity contribution in [3.05, 3.63) is 32.1 Å². The highest BCUT2D eigenvalue weighted by molar-refractivity contribution is 9.10. The third-order valence-electron chi connectivity index (χ3n) is 3.08. The van der Waals surface area contributed by atoms with E-state index < -0.39 is 5.97 Å². The Morgan fingerprint density at radius 3 is 2.75 bits per heavy atom. The minimum Gasteiger partial charge on any atom is -0.479 e. The number of nitrogens with zero attached hydrogens (tertiary/aromatic N) is 2. The molecule has 1 fully saturated rings. The molecule has 1 aromatic carbocycles. The number of amidine groups is 1. The minimum absolute atomic E-state index is 0.126. The third-order valence-corrected chi connectivity index (χ3v) is 5.10. The van der Waals surface area contributed by atoms with E-state index >= 15 is 0 Å². The van der Waals surface area contributed by atoms with Crippen molar-refractivity contribution in [2.24, 2.45) is 4.99 Å². The second kappa shape index (κ2) is 8.04. The molecule has 0 aromatic heterocycles. The van der Waals surface area contributed by atoms with Gasteiger partial charge in [-0.15, -0.1) is 0 Å². The summed E-state index contributed by atoms with van der Waals surface area (Å²) < 4.78 is 10.4. The van der Waals surface area contributed by atoms with E-state index in [1.165, 1.54) is 23.8 Å². The smallest absolute Gasteiger partial charge is 0.343 e. The van der Waals surface area contributed by atoms with Gasteiger partial charge in [-0.25, -0.2) is 4.79 Å². The van der Waals surface area contributed by atoms with E-state index in [2.05, 4.69) is 25.7 Å². The predicted octanol–water partition coefficient (Wildman–Crippen LogP) is 3.19. The number of thioether (sulfide) groups is 1. The summed E-state index contributed by atoms with van der Waals surface area (Å²) in [6, 6.07) is 3.40. The number of aliphatic imine (C=N–C) groups is 1. The van der Waals surface area contributed by atoms with Gasteiger partial charge in [0, 0.05) is 14.1 Å². The number of likely N-dealkylation sites (N-methyl/N-ethyl adjacent to an activating group) is 1. The van der Waals surface area contributed by atoms with Gasteiger partial charge < -0.3 is 9.47 Å². The fourth-order valence-corrected chi connectivity index (χ4v) is 3.81. The molecule has 1 heterocycles. The lowest BCUT2D eigenvalue weighted by Gasteiger charge is -2.10. The van der Waals surface area contributed by atoms with Crippen LogP contribution in [0.1, 0.15) is 5.56 Å². The molecule has 24 heavy (non-hydrogen) atoms. The van der Waals surface area contributed by atoms with Crippen LogP contribution in [0.2, 0.25) is 5.02 Å². The van der Waals surface area contributed by atoms with Crippen LogP contribution in [0, 0.1) is 0 Å². The first-order valence-corrected chi connectivity index (χ1v) is 8.69. The van der Waals surface area contributed by atoms with Gasteiger partial charge in [0.05, 0.1) is 21.5 Å². The lowest BCUT2D eigenvalue weighted by Crippen LogP contribution is -2.23. The maximum atomic E-state index is 12.2. The maximum absolute atomic E-state index is 12.2. The molecule has 9 heteroatoms. The first-order valence-electron chi connectivity index (χ1n) is 6.70. The van der Waals surface area contributed by atoms with Crippen LogP contribution in [-0.4, -0.2) is 49.8 Å². The van der Waals surface area contributed by atoms with E-state index in [4.69, 9.17) is 16.3 Å². The molecule has 1 aliphatic heterocycles. The molecular weight excluding hydrogens is 420 g/mol. The number of methoxy groups -OCH3 is 1. The monoisotopic (exact) mass is 432 g/mol. The van der Waals surface area contributed by atoms with Gasteiger partial charge in [-0.2, -0.15) is 0 Å². The van der Waals surface area contributed by atoms with Gasteiger partial charge in [0.1, 0.15) is 0 Å². The van der Waals surface area contributed by atoms with Gasteiger partial charge in [0.2, 0.25) is 0 Å². The van der Waals surface area contributed by atoms with Crippen LogP contribution in [0.25, 0.3) is 6.08 Å². The fourth-order valence-electron chi connectivity index (χ4n) is 1.89. The van der Waals surface area contributed by atoms with Gasteiger partial charge in [0.15, 0.2) is 17.5 Å². The summed E-state index contributed by atoms with van der Waals surface area (Å²) in [6.07, 6.45) is 1.72. The molecule has 1 aliphatic rings. The largest absolute Gasteiger partial charge is 0.479 e. The van der Waals surface area contributed by atoms with Gasteiger partial charge in [-0.05, 0) is 51.5 Å². The quantitative estimate of drug-likeness (QED) is 0.539. The van der Waals surface area contributed by atoms with Crippen LogP contribution >= 0.6 is 39.3 Å². The molecule has 0 radical (unpaired) electrons. The first kappa shape index (κ1) is 18.8. The van der Waals surface area contributed by atoms with E-state index in [9.17, 15) is 9.59 Å². The van der Waals surface area contributed by atoms with Crippen molar-refractivity contribution in [1.82, 2.24) is 4.90 Å². The highest BCUT2D eigenvalue weighted by Crippen LogP contribution is 2.37. The molecule has 0 bridgehead atoms. The summed E-state index contributed by atoms with van der Waals surface area (Å²) >= 11 is 10.9. The molecule has 128 valence electrons. The van der Waals surface area contributed by atoms with E-state index in [1.807, 2.05) is 0 Å². The van der Waals surface area contributed by atoms with E-state index in [1.54, 1.807) is 32.3 Å². The SMILES string of the molecule is CN=C1S/C(=C/c2cc(Cl)c(OCC(=O)OC)c(Br)c2)C(=O)N1C. The number of hydrogen-bond donors (Lipinski definition) is 0. The summed E-state index contributed by atoms with van der Waals surface area (Å²) in [5.74, 6) is -0.298. The number of rotatable bonds is 4. The zero-order chi connectivity index (χ0) is 17.9. The Labute approximate surface area is 157 Å². The van der Waals surface area contributed by atoms with Gasteiger partial charge in [-0.3, -0.25) is 14.7 Å². The second-order valence-electron chi connectivity index (χ2n) is 4.66. The second-order valence-corrected chi connectivity index (χ2v) is 6.93. The summed E-state index contributed by atoms with van der Waals surface area (Å²) in [5, 5.41) is 0.947. The Morgan fingerprint density at radius 2 is 2.21 bits per heavy atom. The van der Waals surface area contributed by atoms with Crippen molar-refractivity contribution in [1.29, 1.82) is 0 Å². The number of halogens is 2. The fraction of sp³-hybridized carbons (Fsp3) is 0.267. The highest BCUT2D eigenvalue weighted by Gasteiger charge is 2.29. The molecule has 6 nitrogen and oxygen atoms in total. The molecule has 0 saturated carbocycles. The van der Waals surface area contributed by atoms with Crippen LogP contribution in [0.5, 0.6) is 5.75 Å². The van der Waals surface area contributed by atoms with Gasteiger partial charge in [-0.1, -0.05) is 11.6 Å². The van der Waals surface area contributed by atoms with Crippen molar-refractivity contribution in [2.45, 2.75) is 0 Å². The molecule has 0 unspecified atom stereocenters. The Morgan fingerprint density at radius 1 is 1.50 bits per heavy atom. The number of hydrogen-bond acceptors (Lipinski definition) is 6. The molecule has 1 saturated heterocycles. The molecule has 1 amide bonds. The minimum atomic E-state index is -0.508. The Hall–Kier alpha value is -1.51. The summed E-state index contributed by atoms with van der Waals surface area (Å²) in [5.41, 5.74) is 0.721. The van der Waals surface area contributed by atoms with E-state index in [0.29, 0.717) is 25.3 Å². The lowest BCUT2D eigenvalue weighted by atomic mass is 10.2. The number of benzene rings is 1. The molecule has 0 atom stereocenters. The van der Waals surface area contributed by atoms with Gasteiger partial charge >= 0.3 is 5.97 Å². The standard InChI is InChI=1S/C15H14BrClN2O4S/c1-18-15-19(2)14(21)11(24-15)6-8-4-9(16)13(10(17)5-8)23-7-12(20)22-3/h4-6H,7H2,1-3H3/b11-6+,18-15?. The highest BCUT2D eigenvalue weighted by atomic mass is 79.9. The van der Waals surface area contributed by atoms with Crippen LogP contribution in [0.3, 0.4) is 0 Å². The number of esters is 1. The average molecular weight is 434 g/mol. The average Bonchev–Trinajstić information content (AvgIpc) is 2.81. The molecule has 0 N–H and O–H groups in total. The summed E-state index contributed by atoms with van der Waals surface area (Å²) in [6.45, 7) is -0.245. The number of ether oxygens (including phenoxy) is 2. The Balaban J connectivity index is 2.26. The lowest BCUT2D eigenvalue weighted by molar-refractivity contribution is -0.142. The zero-order valence-electron chi connectivity index (χ0n) is 13.1. The molecule has 0 spiro atoms. The Bertz CT molecular complexity index is 728. The van der Waals surface area contributed by atoms with Crippen LogP contribution < -0.4 is 4.74 Å². The first-order chi connectivity index (χ1) is 11.4. The van der Waals surface area contributed by atoms with Gasteiger partial charge in [0.25, 0.3) is 5.91 Å². The number of carbonyl (C=O) groups excluding carboxylic acids is 2. The van der Waals surface area contributed by atoms with E-state index in [0.717, 1.165) is 5.56 Å². The Kier molecular flexibility index (Phi) is 6.31. The van der Waals surface area contributed by atoms with Crippen molar-refractivity contribution in [3.63, 3.8) is 0 Å². The van der Waals surface area contributed by atoms with Crippen LogP contribution in [-0.2, 0) is 14.3 Å². The summed E-state index contributed by atoms with van der Waals surface area (Å²) in [4.78, 5) is 29.4. The van der Waals surface area contributed by atoms with Crippen LogP contribution in [0.15, 0.2) is 26.5 Å². The summed E-state index contributed by atoms with van der Waals surface area (Å²) in [7, 11) is 4.58. The topological polar surface area (TPSA) is 68.2 Å². The molecule has 1 aromatic rings.